The Balaban J connectivity index is 2.01. The number of hydrogen-bond acceptors (Lipinski definition) is 3. The highest BCUT2D eigenvalue weighted by molar-refractivity contribution is 5.28. The molecule has 0 unspecified atom stereocenters. The van der Waals surface area contributed by atoms with E-state index >= 15 is 0 Å². The van der Waals surface area contributed by atoms with E-state index in [0.29, 0.717) is 11.5 Å². The third-order valence-electron chi connectivity index (χ3n) is 2.23. The van der Waals surface area contributed by atoms with Gasteiger partial charge in [-0.1, -0.05) is 6.07 Å². The van der Waals surface area contributed by atoms with Crippen molar-refractivity contribution in [3.8, 4) is 11.5 Å². The number of ether oxygens (including phenoxy) is 1. The van der Waals surface area contributed by atoms with Crippen LogP contribution in [0, 0.1) is 5.82 Å². The van der Waals surface area contributed by atoms with E-state index in [2.05, 4.69) is 10.4 Å². The Labute approximate surface area is 99.0 Å². The van der Waals surface area contributed by atoms with E-state index in [1.807, 2.05) is 7.05 Å². The molecule has 0 aliphatic carbocycles. The van der Waals surface area contributed by atoms with Gasteiger partial charge >= 0.3 is 0 Å². The molecule has 0 fully saturated rings. The molecule has 2 aromatic rings. The van der Waals surface area contributed by atoms with E-state index in [0.717, 1.165) is 13.1 Å². The van der Waals surface area contributed by atoms with Crippen molar-refractivity contribution in [2.24, 2.45) is 0 Å². The van der Waals surface area contributed by atoms with Crippen molar-refractivity contribution < 1.29 is 9.13 Å². The number of nitrogens with one attached hydrogen (secondary N) is 1. The lowest BCUT2D eigenvalue weighted by Crippen LogP contribution is -2.14. The number of benzene rings is 1. The molecule has 1 aromatic heterocycles. The summed E-state index contributed by atoms with van der Waals surface area (Å²) in [6.07, 6.45) is 3.39. The Morgan fingerprint density at radius 3 is 3.06 bits per heavy atom. The maximum absolute atomic E-state index is 12.9. The lowest BCUT2D eigenvalue weighted by atomic mass is 10.3. The van der Waals surface area contributed by atoms with Crippen molar-refractivity contribution >= 4 is 0 Å². The van der Waals surface area contributed by atoms with Crippen LogP contribution in [0.5, 0.6) is 11.5 Å². The van der Waals surface area contributed by atoms with E-state index in [9.17, 15) is 4.39 Å². The Morgan fingerprint density at radius 2 is 2.29 bits per heavy atom. The Bertz CT molecular complexity index is 484. The normalized spacial score (nSPS) is 10.5. The second-order valence-electron chi connectivity index (χ2n) is 3.60. The van der Waals surface area contributed by atoms with Gasteiger partial charge < -0.3 is 10.1 Å². The minimum Gasteiger partial charge on any atom is -0.454 e. The summed E-state index contributed by atoms with van der Waals surface area (Å²) in [7, 11) is 1.88. The van der Waals surface area contributed by atoms with Crippen molar-refractivity contribution in [3.05, 3.63) is 42.5 Å². The number of nitrogens with zero attached hydrogens (tertiary/aromatic N) is 2. The zero-order valence-electron chi connectivity index (χ0n) is 9.56. The Kier molecular flexibility index (Phi) is 3.72. The van der Waals surface area contributed by atoms with E-state index in [-0.39, 0.29) is 5.82 Å². The molecule has 0 aliphatic heterocycles. The standard InChI is InChI=1S/C12H14FN3O/c1-14-5-6-16-9-12(8-15-16)17-11-4-2-3-10(13)7-11/h2-4,7-9,14H,5-6H2,1H3. The van der Waals surface area contributed by atoms with Gasteiger partial charge in [-0.25, -0.2) is 4.39 Å². The van der Waals surface area contributed by atoms with Gasteiger partial charge in [0.25, 0.3) is 0 Å². The van der Waals surface area contributed by atoms with Gasteiger partial charge in [0.15, 0.2) is 5.75 Å². The molecule has 0 bridgehead atoms. The maximum Gasteiger partial charge on any atom is 0.165 e. The average Bonchev–Trinajstić information content (AvgIpc) is 2.74. The number of halogens is 1. The van der Waals surface area contributed by atoms with Crippen molar-refractivity contribution in [3.63, 3.8) is 0 Å². The summed E-state index contributed by atoms with van der Waals surface area (Å²) in [6, 6.07) is 6.03. The summed E-state index contributed by atoms with van der Waals surface area (Å²) in [5.74, 6) is 0.759. The van der Waals surface area contributed by atoms with E-state index in [4.69, 9.17) is 4.74 Å². The molecule has 90 valence electrons. The molecular formula is C12H14FN3O. The summed E-state index contributed by atoms with van der Waals surface area (Å²) >= 11 is 0. The lowest BCUT2D eigenvalue weighted by molar-refractivity contribution is 0.475. The fourth-order valence-electron chi connectivity index (χ4n) is 1.41. The molecular weight excluding hydrogens is 221 g/mol. The average molecular weight is 235 g/mol. The molecule has 2 rings (SSSR count). The zero-order valence-corrected chi connectivity index (χ0v) is 9.56. The molecule has 17 heavy (non-hydrogen) atoms. The first-order valence-electron chi connectivity index (χ1n) is 5.38. The minimum absolute atomic E-state index is 0.315. The maximum atomic E-state index is 12.9. The van der Waals surface area contributed by atoms with E-state index in [1.54, 1.807) is 29.2 Å². The van der Waals surface area contributed by atoms with Crippen LogP contribution < -0.4 is 10.1 Å². The monoisotopic (exact) mass is 235 g/mol. The van der Waals surface area contributed by atoms with Gasteiger partial charge in [0, 0.05) is 12.6 Å². The molecule has 1 aromatic carbocycles. The Hall–Kier alpha value is -1.88. The summed E-state index contributed by atoms with van der Waals surface area (Å²) in [5, 5.41) is 7.16. The number of hydrogen-bond donors (Lipinski definition) is 1. The van der Waals surface area contributed by atoms with Crippen LogP contribution in [0.2, 0.25) is 0 Å². The number of rotatable bonds is 5. The van der Waals surface area contributed by atoms with Gasteiger partial charge in [-0.15, -0.1) is 0 Å². The molecule has 0 atom stereocenters. The molecule has 0 saturated carbocycles. The van der Waals surface area contributed by atoms with Gasteiger partial charge in [-0.2, -0.15) is 5.10 Å². The summed E-state index contributed by atoms with van der Waals surface area (Å²) in [6.45, 7) is 1.60. The number of likely N-dealkylation sites (N-methyl/N-ethyl adjacent to an activating group) is 1. The smallest absolute Gasteiger partial charge is 0.165 e. The number of aromatic nitrogens is 2. The highest BCUT2D eigenvalue weighted by atomic mass is 19.1. The molecule has 0 saturated heterocycles. The fraction of sp³-hybridized carbons (Fsp3) is 0.250. The molecule has 0 amide bonds. The van der Waals surface area contributed by atoms with Gasteiger partial charge in [-0.05, 0) is 19.2 Å². The van der Waals surface area contributed by atoms with E-state index in [1.165, 1.54) is 12.1 Å². The minimum atomic E-state index is -0.315. The lowest BCUT2D eigenvalue weighted by Gasteiger charge is -2.02. The quantitative estimate of drug-likeness (QED) is 0.862. The second kappa shape index (κ2) is 5.45. The summed E-state index contributed by atoms with van der Waals surface area (Å²) in [5.41, 5.74) is 0. The molecule has 1 heterocycles. The largest absolute Gasteiger partial charge is 0.454 e. The van der Waals surface area contributed by atoms with E-state index < -0.39 is 0 Å². The van der Waals surface area contributed by atoms with Crippen LogP contribution >= 0.6 is 0 Å². The van der Waals surface area contributed by atoms with Crippen LogP contribution in [0.25, 0.3) is 0 Å². The van der Waals surface area contributed by atoms with Gasteiger partial charge in [0.05, 0.1) is 18.9 Å². The van der Waals surface area contributed by atoms with Crippen LogP contribution in [0.4, 0.5) is 4.39 Å². The van der Waals surface area contributed by atoms with Crippen molar-refractivity contribution in [1.82, 2.24) is 15.1 Å². The molecule has 4 nitrogen and oxygen atoms in total. The first-order chi connectivity index (χ1) is 8.28. The zero-order chi connectivity index (χ0) is 12.1. The second-order valence-corrected chi connectivity index (χ2v) is 3.60. The predicted molar refractivity (Wildman–Crippen MR) is 62.6 cm³/mol. The van der Waals surface area contributed by atoms with Crippen LogP contribution in [-0.2, 0) is 6.54 Å². The summed E-state index contributed by atoms with van der Waals surface area (Å²) in [4.78, 5) is 0. The van der Waals surface area contributed by atoms with Crippen LogP contribution in [0.15, 0.2) is 36.7 Å². The van der Waals surface area contributed by atoms with Gasteiger partial charge in [0.1, 0.15) is 11.6 Å². The summed E-state index contributed by atoms with van der Waals surface area (Å²) < 4.78 is 20.2. The molecule has 1 N–H and O–H groups in total. The van der Waals surface area contributed by atoms with Gasteiger partial charge in [-0.3, -0.25) is 4.68 Å². The predicted octanol–water partition coefficient (Wildman–Crippen LogP) is 2.03. The fourth-order valence-corrected chi connectivity index (χ4v) is 1.41. The van der Waals surface area contributed by atoms with Crippen molar-refractivity contribution in [2.75, 3.05) is 13.6 Å². The molecule has 5 heteroatoms. The van der Waals surface area contributed by atoms with Crippen molar-refractivity contribution in [2.45, 2.75) is 6.54 Å². The molecule has 0 spiro atoms. The molecule has 0 aliphatic rings. The van der Waals surface area contributed by atoms with Crippen LogP contribution in [0.3, 0.4) is 0 Å². The van der Waals surface area contributed by atoms with Gasteiger partial charge in [0.2, 0.25) is 0 Å². The van der Waals surface area contributed by atoms with Crippen LogP contribution in [-0.4, -0.2) is 23.4 Å². The topological polar surface area (TPSA) is 39.1 Å². The molecule has 0 radical (unpaired) electrons. The highest BCUT2D eigenvalue weighted by Gasteiger charge is 2.01. The SMILES string of the molecule is CNCCn1cc(Oc2cccc(F)c2)cn1. The third kappa shape index (κ3) is 3.29. The van der Waals surface area contributed by atoms with Crippen LogP contribution in [0.1, 0.15) is 0 Å². The highest BCUT2D eigenvalue weighted by Crippen LogP contribution is 2.20. The first kappa shape index (κ1) is 11.6. The first-order valence-corrected chi connectivity index (χ1v) is 5.38. The van der Waals surface area contributed by atoms with Crippen molar-refractivity contribution in [1.29, 1.82) is 0 Å². The third-order valence-corrected chi connectivity index (χ3v) is 2.23. The Morgan fingerprint density at radius 1 is 1.41 bits per heavy atom.